The van der Waals surface area contributed by atoms with E-state index >= 15 is 0 Å². The van der Waals surface area contributed by atoms with Gasteiger partial charge in [-0.15, -0.1) is 0 Å². The van der Waals surface area contributed by atoms with Crippen LogP contribution in [0.3, 0.4) is 0 Å². The Labute approximate surface area is 138 Å². The fourth-order valence-electron chi connectivity index (χ4n) is 3.25. The molecule has 1 N–H and O–H groups in total. The average molecular weight is 320 g/mol. The van der Waals surface area contributed by atoms with Crippen molar-refractivity contribution in [1.82, 2.24) is 9.78 Å². The summed E-state index contributed by atoms with van der Waals surface area (Å²) in [5, 5.41) is 8.70. The third-order valence-corrected chi connectivity index (χ3v) is 4.40. The summed E-state index contributed by atoms with van der Waals surface area (Å²) in [4.78, 5) is 26.7. The van der Waals surface area contributed by atoms with Crippen LogP contribution in [0.15, 0.2) is 42.6 Å². The Morgan fingerprint density at radius 1 is 1.21 bits per heavy atom. The summed E-state index contributed by atoms with van der Waals surface area (Å²) >= 11 is 0. The number of aryl methyl sites for hydroxylation is 1. The number of carbonyl (C=O) groups is 2. The highest BCUT2D eigenvalue weighted by atomic mass is 16.2. The molecule has 1 aromatic heterocycles. The van der Waals surface area contributed by atoms with Gasteiger partial charge >= 0.3 is 0 Å². The van der Waals surface area contributed by atoms with E-state index in [2.05, 4.69) is 10.4 Å². The first-order chi connectivity index (χ1) is 11.6. The van der Waals surface area contributed by atoms with Crippen LogP contribution >= 0.6 is 0 Å². The fourth-order valence-corrected chi connectivity index (χ4v) is 3.25. The van der Waals surface area contributed by atoms with Gasteiger partial charge in [0.15, 0.2) is 0 Å². The summed E-state index contributed by atoms with van der Waals surface area (Å²) < 4.78 is 1.53. The Kier molecular flexibility index (Phi) is 3.13. The molecule has 0 bridgehead atoms. The van der Waals surface area contributed by atoms with Gasteiger partial charge in [0.05, 0.1) is 5.69 Å². The lowest BCUT2D eigenvalue weighted by atomic mass is 10.0. The van der Waals surface area contributed by atoms with Crippen molar-refractivity contribution >= 4 is 34.0 Å². The summed E-state index contributed by atoms with van der Waals surface area (Å²) in [5.74, 6) is -0.222. The van der Waals surface area contributed by atoms with Crippen molar-refractivity contribution in [3.63, 3.8) is 0 Å². The normalized spacial score (nSPS) is 12.9. The van der Waals surface area contributed by atoms with E-state index in [-0.39, 0.29) is 11.8 Å². The second-order valence-electron chi connectivity index (χ2n) is 5.70. The van der Waals surface area contributed by atoms with Crippen molar-refractivity contribution in [2.45, 2.75) is 6.92 Å². The molecule has 0 spiro atoms. The molecule has 3 aromatic rings. The summed E-state index contributed by atoms with van der Waals surface area (Å²) in [6.07, 6.45) is 1.58. The number of aromatic nitrogens is 2. The van der Waals surface area contributed by atoms with Crippen LogP contribution in [0, 0.1) is 0 Å². The fraction of sp³-hybridized carbons (Fsp3) is 0.167. The van der Waals surface area contributed by atoms with Crippen molar-refractivity contribution < 1.29 is 9.59 Å². The number of hydrogen-bond acceptors (Lipinski definition) is 3. The van der Waals surface area contributed by atoms with E-state index in [0.717, 1.165) is 16.5 Å². The lowest BCUT2D eigenvalue weighted by molar-refractivity contribution is 0.0991. The molecule has 0 aliphatic carbocycles. The summed E-state index contributed by atoms with van der Waals surface area (Å²) in [7, 11) is 1.72. The average Bonchev–Trinajstić information content (AvgIpc) is 3.13. The van der Waals surface area contributed by atoms with E-state index in [1.54, 1.807) is 24.2 Å². The molecule has 1 aliphatic heterocycles. The van der Waals surface area contributed by atoms with Crippen molar-refractivity contribution in [2.75, 3.05) is 16.8 Å². The Hall–Kier alpha value is -3.15. The van der Waals surface area contributed by atoms with Crippen LogP contribution in [-0.4, -0.2) is 28.1 Å². The molecule has 24 heavy (non-hydrogen) atoms. The second-order valence-corrected chi connectivity index (χ2v) is 5.70. The number of hydrogen-bond donors (Lipinski definition) is 1. The molecule has 0 atom stereocenters. The van der Waals surface area contributed by atoms with Crippen molar-refractivity contribution in [1.29, 1.82) is 0 Å². The molecule has 0 radical (unpaired) electrons. The van der Waals surface area contributed by atoms with Gasteiger partial charge in [0.25, 0.3) is 11.8 Å². The minimum Gasteiger partial charge on any atom is -0.320 e. The maximum absolute atomic E-state index is 12.5. The zero-order valence-electron chi connectivity index (χ0n) is 13.4. The van der Waals surface area contributed by atoms with Crippen LogP contribution in [0.5, 0.6) is 0 Å². The molecule has 2 aromatic carbocycles. The smallest absolute Gasteiger partial charge is 0.273 e. The molecular weight excluding hydrogens is 304 g/mol. The van der Waals surface area contributed by atoms with E-state index < -0.39 is 0 Å². The van der Waals surface area contributed by atoms with Crippen molar-refractivity contribution in [2.24, 2.45) is 7.05 Å². The largest absolute Gasteiger partial charge is 0.320 e. The lowest BCUT2D eigenvalue weighted by Gasteiger charge is -2.15. The molecule has 6 nitrogen and oxygen atoms in total. The minimum absolute atomic E-state index is 0.00760. The van der Waals surface area contributed by atoms with E-state index in [4.69, 9.17) is 0 Å². The first kappa shape index (κ1) is 14.4. The van der Waals surface area contributed by atoms with Crippen LogP contribution in [0.4, 0.5) is 11.4 Å². The molecule has 0 fully saturated rings. The standard InChI is InChI=1S/C18H16N4O2/c1-3-22-14-8-7-13(20-17(23)15-9-10-19-21(15)2)11-5-4-6-12(16(11)14)18(22)24/h4-10H,3H2,1-2H3,(H,20,23). The van der Waals surface area contributed by atoms with Gasteiger partial charge < -0.3 is 10.2 Å². The minimum atomic E-state index is -0.229. The summed E-state index contributed by atoms with van der Waals surface area (Å²) in [5.41, 5.74) is 2.74. The number of nitrogens with zero attached hydrogens (tertiary/aromatic N) is 3. The molecule has 2 heterocycles. The Balaban J connectivity index is 1.82. The van der Waals surface area contributed by atoms with Crippen LogP contribution in [0.1, 0.15) is 27.8 Å². The number of rotatable bonds is 3. The van der Waals surface area contributed by atoms with Gasteiger partial charge in [-0.2, -0.15) is 5.10 Å². The Morgan fingerprint density at radius 3 is 2.75 bits per heavy atom. The highest BCUT2D eigenvalue weighted by Gasteiger charge is 2.29. The van der Waals surface area contributed by atoms with E-state index in [0.29, 0.717) is 23.5 Å². The lowest BCUT2D eigenvalue weighted by Crippen LogP contribution is -2.25. The van der Waals surface area contributed by atoms with E-state index in [1.165, 1.54) is 4.68 Å². The maximum atomic E-state index is 12.5. The zero-order chi connectivity index (χ0) is 16.8. The van der Waals surface area contributed by atoms with E-state index in [9.17, 15) is 9.59 Å². The van der Waals surface area contributed by atoms with Gasteiger partial charge in [0.1, 0.15) is 5.69 Å². The van der Waals surface area contributed by atoms with Crippen LogP contribution in [0.2, 0.25) is 0 Å². The summed E-state index contributed by atoms with van der Waals surface area (Å²) in [6, 6.07) is 11.0. The van der Waals surface area contributed by atoms with E-state index in [1.807, 2.05) is 37.3 Å². The number of amides is 2. The maximum Gasteiger partial charge on any atom is 0.273 e. The van der Waals surface area contributed by atoms with Crippen LogP contribution in [0.25, 0.3) is 10.8 Å². The third-order valence-electron chi connectivity index (χ3n) is 4.40. The van der Waals surface area contributed by atoms with Gasteiger partial charge in [0.2, 0.25) is 0 Å². The molecule has 0 saturated heterocycles. The topological polar surface area (TPSA) is 67.2 Å². The third kappa shape index (κ3) is 1.93. The first-order valence-corrected chi connectivity index (χ1v) is 7.78. The quantitative estimate of drug-likeness (QED) is 0.807. The van der Waals surface area contributed by atoms with Gasteiger partial charge in [-0.25, -0.2) is 0 Å². The second kappa shape index (κ2) is 5.19. The van der Waals surface area contributed by atoms with Crippen LogP contribution in [-0.2, 0) is 7.05 Å². The van der Waals surface area contributed by atoms with Gasteiger partial charge in [0, 0.05) is 41.8 Å². The molecule has 0 unspecified atom stereocenters. The van der Waals surface area contributed by atoms with Gasteiger partial charge in [-0.05, 0) is 31.2 Å². The molecular formula is C18H16N4O2. The molecule has 0 saturated carbocycles. The molecule has 120 valence electrons. The highest BCUT2D eigenvalue weighted by molar-refractivity contribution is 6.27. The molecule has 2 amide bonds. The zero-order valence-corrected chi connectivity index (χ0v) is 13.4. The number of benzene rings is 2. The van der Waals surface area contributed by atoms with Crippen LogP contribution < -0.4 is 10.2 Å². The van der Waals surface area contributed by atoms with Crippen molar-refractivity contribution in [3.8, 4) is 0 Å². The number of nitrogens with one attached hydrogen (secondary N) is 1. The van der Waals surface area contributed by atoms with Crippen molar-refractivity contribution in [3.05, 3.63) is 53.9 Å². The Morgan fingerprint density at radius 2 is 2.04 bits per heavy atom. The van der Waals surface area contributed by atoms with Gasteiger partial charge in [-0.1, -0.05) is 12.1 Å². The molecule has 1 aliphatic rings. The SMILES string of the molecule is CCN1C(=O)c2cccc3c(NC(=O)c4ccnn4C)ccc1c23. The predicted molar refractivity (Wildman–Crippen MR) is 92.5 cm³/mol. The summed E-state index contributed by atoms with van der Waals surface area (Å²) in [6.45, 7) is 2.57. The molecule has 6 heteroatoms. The highest BCUT2D eigenvalue weighted by Crippen LogP contribution is 2.40. The number of carbonyl (C=O) groups excluding carboxylic acids is 2. The first-order valence-electron chi connectivity index (χ1n) is 7.78. The number of anilines is 2. The van der Waals surface area contributed by atoms with Gasteiger partial charge in [-0.3, -0.25) is 14.3 Å². The predicted octanol–water partition coefficient (Wildman–Crippen LogP) is 2.81. The monoisotopic (exact) mass is 320 g/mol. The Bertz CT molecular complexity index is 990. The molecule has 4 rings (SSSR count).